The maximum atomic E-state index is 4.91. The SMILES string of the molecule is C=C(COC)c1ccc[nH]1. The van der Waals surface area contributed by atoms with E-state index in [0.717, 1.165) is 11.3 Å². The highest BCUT2D eigenvalue weighted by atomic mass is 16.5. The third-order valence-corrected chi connectivity index (χ3v) is 1.30. The molecule has 0 radical (unpaired) electrons. The fourth-order valence-electron chi connectivity index (χ4n) is 0.802. The topological polar surface area (TPSA) is 25.0 Å². The van der Waals surface area contributed by atoms with Gasteiger partial charge < -0.3 is 9.72 Å². The van der Waals surface area contributed by atoms with E-state index in [1.165, 1.54) is 0 Å². The molecule has 0 fully saturated rings. The van der Waals surface area contributed by atoms with Crippen molar-refractivity contribution in [3.8, 4) is 0 Å². The number of nitrogens with one attached hydrogen (secondary N) is 1. The molecule has 54 valence electrons. The van der Waals surface area contributed by atoms with E-state index in [9.17, 15) is 0 Å². The molecule has 2 nitrogen and oxygen atoms in total. The van der Waals surface area contributed by atoms with Crippen LogP contribution in [0.3, 0.4) is 0 Å². The molecule has 1 heterocycles. The lowest BCUT2D eigenvalue weighted by atomic mass is 10.2. The van der Waals surface area contributed by atoms with E-state index in [1.807, 2.05) is 18.3 Å². The van der Waals surface area contributed by atoms with E-state index in [-0.39, 0.29) is 0 Å². The minimum Gasteiger partial charge on any atom is -0.380 e. The highest BCUT2D eigenvalue weighted by Crippen LogP contribution is 2.07. The normalized spacial score (nSPS) is 9.70. The van der Waals surface area contributed by atoms with Gasteiger partial charge in [-0.3, -0.25) is 0 Å². The molecule has 0 amide bonds. The fraction of sp³-hybridized carbons (Fsp3) is 0.250. The van der Waals surface area contributed by atoms with Crippen LogP contribution < -0.4 is 0 Å². The molecule has 0 aliphatic carbocycles. The predicted molar refractivity (Wildman–Crippen MR) is 41.7 cm³/mol. The lowest BCUT2D eigenvalue weighted by Gasteiger charge is -1.99. The Balaban J connectivity index is 2.59. The van der Waals surface area contributed by atoms with Crippen molar-refractivity contribution in [1.82, 2.24) is 4.98 Å². The first-order valence-electron chi connectivity index (χ1n) is 3.15. The molecular weight excluding hydrogens is 126 g/mol. The van der Waals surface area contributed by atoms with Gasteiger partial charge in [0, 0.05) is 19.0 Å². The lowest BCUT2D eigenvalue weighted by molar-refractivity contribution is 0.239. The molecule has 1 aromatic heterocycles. The summed E-state index contributed by atoms with van der Waals surface area (Å²) < 4.78 is 4.91. The van der Waals surface area contributed by atoms with Crippen molar-refractivity contribution in [2.24, 2.45) is 0 Å². The van der Waals surface area contributed by atoms with Crippen LogP contribution in [-0.2, 0) is 4.74 Å². The second-order valence-corrected chi connectivity index (χ2v) is 2.12. The summed E-state index contributed by atoms with van der Waals surface area (Å²) >= 11 is 0. The first-order valence-corrected chi connectivity index (χ1v) is 3.15. The van der Waals surface area contributed by atoms with Gasteiger partial charge in [0.05, 0.1) is 6.61 Å². The number of ether oxygens (including phenoxy) is 1. The Morgan fingerprint density at radius 3 is 3.10 bits per heavy atom. The van der Waals surface area contributed by atoms with Gasteiger partial charge in [-0.05, 0) is 17.7 Å². The Labute approximate surface area is 60.5 Å². The fourth-order valence-corrected chi connectivity index (χ4v) is 0.802. The number of aromatic amines is 1. The molecular formula is C8H11NO. The number of rotatable bonds is 3. The summed E-state index contributed by atoms with van der Waals surface area (Å²) in [7, 11) is 1.66. The minimum absolute atomic E-state index is 0.584. The van der Waals surface area contributed by atoms with Crippen LogP contribution in [0, 0.1) is 0 Å². The zero-order valence-corrected chi connectivity index (χ0v) is 6.05. The van der Waals surface area contributed by atoms with Gasteiger partial charge in [0.15, 0.2) is 0 Å². The molecule has 0 aliphatic rings. The number of hydrogen-bond acceptors (Lipinski definition) is 1. The van der Waals surface area contributed by atoms with Crippen LogP contribution in [-0.4, -0.2) is 18.7 Å². The van der Waals surface area contributed by atoms with Crippen LogP contribution >= 0.6 is 0 Å². The van der Waals surface area contributed by atoms with Gasteiger partial charge in [-0.15, -0.1) is 0 Å². The maximum Gasteiger partial charge on any atom is 0.0727 e. The third-order valence-electron chi connectivity index (χ3n) is 1.30. The maximum absolute atomic E-state index is 4.91. The van der Waals surface area contributed by atoms with Crippen molar-refractivity contribution in [2.75, 3.05) is 13.7 Å². The molecule has 0 aromatic carbocycles. The van der Waals surface area contributed by atoms with Crippen molar-refractivity contribution in [1.29, 1.82) is 0 Å². The first-order chi connectivity index (χ1) is 4.84. The quantitative estimate of drug-likeness (QED) is 0.673. The zero-order chi connectivity index (χ0) is 7.40. The van der Waals surface area contributed by atoms with E-state index in [1.54, 1.807) is 7.11 Å². The second kappa shape index (κ2) is 3.22. The average Bonchev–Trinajstić information content (AvgIpc) is 2.38. The molecule has 1 rings (SSSR count). The van der Waals surface area contributed by atoms with Crippen LogP contribution in [0.25, 0.3) is 5.57 Å². The van der Waals surface area contributed by atoms with Crippen LogP contribution in [0.2, 0.25) is 0 Å². The van der Waals surface area contributed by atoms with E-state index < -0.39 is 0 Å². The third kappa shape index (κ3) is 1.48. The number of aromatic nitrogens is 1. The summed E-state index contributed by atoms with van der Waals surface area (Å²) in [5.74, 6) is 0. The van der Waals surface area contributed by atoms with Gasteiger partial charge >= 0.3 is 0 Å². The summed E-state index contributed by atoms with van der Waals surface area (Å²) in [6, 6.07) is 3.91. The van der Waals surface area contributed by atoms with Crippen LogP contribution in [0.4, 0.5) is 0 Å². The molecule has 0 spiro atoms. The van der Waals surface area contributed by atoms with Crippen LogP contribution in [0.1, 0.15) is 5.69 Å². The van der Waals surface area contributed by atoms with Gasteiger partial charge in [0.25, 0.3) is 0 Å². The Morgan fingerprint density at radius 1 is 1.80 bits per heavy atom. The molecule has 0 aliphatic heterocycles. The Bertz CT molecular complexity index is 201. The van der Waals surface area contributed by atoms with Gasteiger partial charge in [-0.25, -0.2) is 0 Å². The number of methoxy groups -OCH3 is 1. The largest absolute Gasteiger partial charge is 0.380 e. The standard InChI is InChI=1S/C8H11NO/c1-7(6-10-2)8-4-3-5-9-8/h3-5,9H,1,6H2,2H3. The van der Waals surface area contributed by atoms with Gasteiger partial charge in [0.1, 0.15) is 0 Å². The molecule has 0 unspecified atom stereocenters. The van der Waals surface area contributed by atoms with Gasteiger partial charge in [0.2, 0.25) is 0 Å². The molecule has 0 saturated heterocycles. The number of hydrogen-bond donors (Lipinski definition) is 1. The van der Waals surface area contributed by atoms with Gasteiger partial charge in [-0.1, -0.05) is 6.58 Å². The van der Waals surface area contributed by atoms with Crippen molar-refractivity contribution < 1.29 is 4.74 Å². The van der Waals surface area contributed by atoms with Crippen molar-refractivity contribution >= 4 is 5.57 Å². The predicted octanol–water partition coefficient (Wildman–Crippen LogP) is 1.67. The highest BCUT2D eigenvalue weighted by Gasteiger charge is 1.95. The Morgan fingerprint density at radius 2 is 2.60 bits per heavy atom. The Kier molecular flexibility index (Phi) is 2.29. The molecule has 0 atom stereocenters. The van der Waals surface area contributed by atoms with E-state index in [0.29, 0.717) is 6.61 Å². The Hall–Kier alpha value is -1.02. The lowest BCUT2D eigenvalue weighted by Crippen LogP contribution is -1.91. The van der Waals surface area contributed by atoms with E-state index in [4.69, 9.17) is 4.74 Å². The first kappa shape index (κ1) is 7.09. The highest BCUT2D eigenvalue weighted by molar-refractivity contribution is 5.60. The summed E-state index contributed by atoms with van der Waals surface area (Å²) in [6.45, 7) is 4.41. The summed E-state index contributed by atoms with van der Waals surface area (Å²) in [5, 5.41) is 0. The molecule has 10 heavy (non-hydrogen) atoms. The summed E-state index contributed by atoms with van der Waals surface area (Å²) in [5.41, 5.74) is 2.02. The molecule has 2 heteroatoms. The van der Waals surface area contributed by atoms with E-state index in [2.05, 4.69) is 11.6 Å². The van der Waals surface area contributed by atoms with Crippen LogP contribution in [0.15, 0.2) is 24.9 Å². The van der Waals surface area contributed by atoms with Crippen molar-refractivity contribution in [3.63, 3.8) is 0 Å². The zero-order valence-electron chi connectivity index (χ0n) is 6.05. The summed E-state index contributed by atoms with van der Waals surface area (Å²) in [4.78, 5) is 3.04. The summed E-state index contributed by atoms with van der Waals surface area (Å²) in [6.07, 6.45) is 1.87. The second-order valence-electron chi connectivity index (χ2n) is 2.12. The molecule has 0 bridgehead atoms. The molecule has 0 saturated carbocycles. The smallest absolute Gasteiger partial charge is 0.0727 e. The monoisotopic (exact) mass is 137 g/mol. The van der Waals surface area contributed by atoms with Crippen molar-refractivity contribution in [3.05, 3.63) is 30.6 Å². The van der Waals surface area contributed by atoms with Crippen LogP contribution in [0.5, 0.6) is 0 Å². The number of H-pyrrole nitrogens is 1. The van der Waals surface area contributed by atoms with Crippen molar-refractivity contribution in [2.45, 2.75) is 0 Å². The van der Waals surface area contributed by atoms with Gasteiger partial charge in [-0.2, -0.15) is 0 Å². The molecule has 1 N–H and O–H groups in total. The average molecular weight is 137 g/mol. The minimum atomic E-state index is 0.584. The van der Waals surface area contributed by atoms with E-state index >= 15 is 0 Å². The molecule has 1 aromatic rings.